The van der Waals surface area contributed by atoms with Crippen LogP contribution in [-0.4, -0.2) is 42.1 Å². The van der Waals surface area contributed by atoms with E-state index in [-0.39, 0.29) is 22.9 Å². The second kappa shape index (κ2) is 9.25. The Labute approximate surface area is 184 Å². The van der Waals surface area contributed by atoms with Crippen molar-refractivity contribution in [1.82, 2.24) is 5.32 Å². The molecule has 2 aromatic carbocycles. The molecule has 11 heteroatoms. The maximum atomic E-state index is 13.7. The summed E-state index contributed by atoms with van der Waals surface area (Å²) in [6.45, 7) is -1.15. The number of allylic oxidation sites excluding steroid dienone is 1. The average molecular weight is 476 g/mol. The number of nitrogens with zero attached hydrogens (tertiary/aromatic N) is 2. The zero-order valence-corrected chi connectivity index (χ0v) is 17.1. The number of hydrazone groups is 1. The molecule has 1 unspecified atom stereocenters. The number of hydrogen-bond donors (Lipinski definition) is 2. The van der Waals surface area contributed by atoms with Crippen molar-refractivity contribution in [3.8, 4) is 0 Å². The summed E-state index contributed by atoms with van der Waals surface area (Å²) in [7, 11) is 0. The van der Waals surface area contributed by atoms with Crippen molar-refractivity contribution in [3.05, 3.63) is 75.5 Å². The number of amides is 1. The highest BCUT2D eigenvalue weighted by atomic mass is 35.5. The Morgan fingerprint density at radius 2 is 1.94 bits per heavy atom. The second-order valence-electron chi connectivity index (χ2n) is 6.59. The second-order valence-corrected chi connectivity index (χ2v) is 7.40. The molecule has 1 aliphatic heterocycles. The smallest absolute Gasteiger partial charge is 0.382 e. The molecule has 1 amide bonds. The van der Waals surface area contributed by atoms with Crippen molar-refractivity contribution in [2.75, 3.05) is 18.1 Å². The van der Waals surface area contributed by atoms with Crippen molar-refractivity contribution < 1.29 is 27.5 Å². The molecule has 164 valence electrons. The number of aliphatic hydroxyl groups excluding tert-OH is 1. The van der Waals surface area contributed by atoms with Gasteiger partial charge in [-0.05, 0) is 36.4 Å². The number of carbonyl (C=O) groups excluding carboxylic acids is 1. The molecule has 1 aliphatic rings. The molecule has 1 heterocycles. The van der Waals surface area contributed by atoms with E-state index in [4.69, 9.17) is 28.3 Å². The number of halogens is 6. The first-order valence-corrected chi connectivity index (χ1v) is 9.61. The molecule has 1 atom stereocenters. The Kier molecular flexibility index (Phi) is 6.88. The lowest BCUT2D eigenvalue weighted by Gasteiger charge is -2.26. The molecule has 3 rings (SSSR count). The molecule has 31 heavy (non-hydrogen) atoms. The quantitative estimate of drug-likeness (QED) is 0.632. The summed E-state index contributed by atoms with van der Waals surface area (Å²) in [4.78, 5) is 12.5. The Hall–Kier alpha value is -2.62. The van der Waals surface area contributed by atoms with Crippen LogP contribution in [0.4, 0.5) is 23.2 Å². The minimum Gasteiger partial charge on any atom is -0.382 e. The number of nitrogens with one attached hydrogen (secondary N) is 1. The van der Waals surface area contributed by atoms with Crippen molar-refractivity contribution in [1.29, 1.82) is 0 Å². The average Bonchev–Trinajstić information content (AvgIpc) is 2.72. The molecule has 2 N–H and O–H groups in total. The lowest BCUT2D eigenvalue weighted by atomic mass is 10.0. The number of alkyl halides is 3. The molecular formula is C20H15Cl2F4N3O2. The lowest BCUT2D eigenvalue weighted by Crippen LogP contribution is -2.42. The number of aliphatic hydroxyl groups is 1. The van der Waals surface area contributed by atoms with Crippen molar-refractivity contribution in [3.63, 3.8) is 0 Å². The van der Waals surface area contributed by atoms with E-state index in [0.717, 1.165) is 0 Å². The van der Waals surface area contributed by atoms with Crippen LogP contribution in [0.25, 0.3) is 0 Å². The minimum absolute atomic E-state index is 0.0507. The van der Waals surface area contributed by atoms with Gasteiger partial charge in [0, 0.05) is 11.1 Å². The van der Waals surface area contributed by atoms with Gasteiger partial charge in [-0.15, -0.1) is 0 Å². The fourth-order valence-corrected chi connectivity index (χ4v) is 3.00. The molecule has 2 aromatic rings. The summed E-state index contributed by atoms with van der Waals surface area (Å²) in [5, 5.41) is 17.4. The Morgan fingerprint density at radius 3 is 2.58 bits per heavy atom. The van der Waals surface area contributed by atoms with Crippen molar-refractivity contribution >= 4 is 40.5 Å². The SMILES string of the molecule is O=C(NCC(O)C(F)(F)F)C1=CC(c2ccc(Cl)c(Cl)c2)=NN(c2cccc(F)c2)C1. The molecule has 0 radical (unpaired) electrons. The van der Waals surface area contributed by atoms with E-state index >= 15 is 0 Å². The van der Waals surface area contributed by atoms with E-state index in [1.165, 1.54) is 41.4 Å². The first kappa shape index (κ1) is 23.1. The van der Waals surface area contributed by atoms with E-state index in [1.54, 1.807) is 12.1 Å². The van der Waals surface area contributed by atoms with Gasteiger partial charge in [-0.1, -0.05) is 35.3 Å². The van der Waals surface area contributed by atoms with Gasteiger partial charge < -0.3 is 10.4 Å². The number of rotatable bonds is 5. The summed E-state index contributed by atoms with van der Waals surface area (Å²) in [5.41, 5.74) is 1.12. The van der Waals surface area contributed by atoms with E-state index < -0.39 is 30.5 Å². The van der Waals surface area contributed by atoms with Gasteiger partial charge in [0.15, 0.2) is 6.10 Å². The highest BCUT2D eigenvalue weighted by Gasteiger charge is 2.38. The largest absolute Gasteiger partial charge is 0.416 e. The van der Waals surface area contributed by atoms with E-state index in [9.17, 15) is 22.4 Å². The van der Waals surface area contributed by atoms with E-state index in [1.807, 2.05) is 0 Å². The zero-order valence-electron chi connectivity index (χ0n) is 15.6. The fraction of sp³-hybridized carbons (Fsp3) is 0.200. The summed E-state index contributed by atoms with van der Waals surface area (Å²) in [6, 6.07) is 10.1. The third-order valence-electron chi connectivity index (χ3n) is 4.31. The van der Waals surface area contributed by atoms with Gasteiger partial charge in [0.2, 0.25) is 5.91 Å². The van der Waals surface area contributed by atoms with Crippen LogP contribution in [0.2, 0.25) is 10.0 Å². The Morgan fingerprint density at radius 1 is 1.19 bits per heavy atom. The standard InChI is InChI=1S/C20H15Cl2F4N3O2/c21-15-5-4-11(6-16(15)22)17-7-12(19(31)27-9-18(30)20(24,25)26)10-29(28-17)14-3-1-2-13(23)8-14/h1-8,18,30H,9-10H2,(H,27,31). The first-order chi connectivity index (χ1) is 14.5. The summed E-state index contributed by atoms with van der Waals surface area (Å²) < 4.78 is 51.2. The van der Waals surface area contributed by atoms with Gasteiger partial charge in [0.25, 0.3) is 0 Å². The molecule has 0 saturated heterocycles. The molecule has 5 nitrogen and oxygen atoms in total. The van der Waals surface area contributed by atoms with Gasteiger partial charge >= 0.3 is 6.18 Å². The topological polar surface area (TPSA) is 64.9 Å². The maximum absolute atomic E-state index is 13.7. The van der Waals surface area contributed by atoms with E-state index in [0.29, 0.717) is 16.3 Å². The van der Waals surface area contributed by atoms with Crippen LogP contribution in [0.1, 0.15) is 5.56 Å². The highest BCUT2D eigenvalue weighted by molar-refractivity contribution is 6.42. The van der Waals surface area contributed by atoms with Gasteiger partial charge in [-0.2, -0.15) is 18.3 Å². The normalized spacial score (nSPS) is 15.3. The number of carbonyl (C=O) groups is 1. The molecule has 0 spiro atoms. The van der Waals surface area contributed by atoms with Crippen LogP contribution in [0.3, 0.4) is 0 Å². The minimum atomic E-state index is -4.87. The molecular weight excluding hydrogens is 461 g/mol. The van der Waals surface area contributed by atoms with Crippen LogP contribution in [0, 0.1) is 5.82 Å². The lowest BCUT2D eigenvalue weighted by molar-refractivity contribution is -0.201. The maximum Gasteiger partial charge on any atom is 0.416 e. The highest BCUT2D eigenvalue weighted by Crippen LogP contribution is 2.26. The summed E-state index contributed by atoms with van der Waals surface area (Å²) in [6.07, 6.45) is -6.19. The van der Waals surface area contributed by atoms with E-state index in [2.05, 4.69) is 10.4 Å². The van der Waals surface area contributed by atoms with Gasteiger partial charge in [0.1, 0.15) is 5.82 Å². The van der Waals surface area contributed by atoms with Crippen LogP contribution >= 0.6 is 23.2 Å². The summed E-state index contributed by atoms with van der Waals surface area (Å²) in [5.74, 6) is -1.37. The Bertz CT molecular complexity index is 1060. The monoisotopic (exact) mass is 475 g/mol. The predicted octanol–water partition coefficient (Wildman–Crippen LogP) is 4.32. The molecule has 0 saturated carbocycles. The zero-order chi connectivity index (χ0) is 22.8. The van der Waals surface area contributed by atoms with Gasteiger partial charge in [0.05, 0.1) is 34.5 Å². The van der Waals surface area contributed by atoms with Crippen molar-refractivity contribution in [2.24, 2.45) is 5.10 Å². The number of benzene rings is 2. The van der Waals surface area contributed by atoms with Crippen LogP contribution < -0.4 is 10.3 Å². The number of hydrogen-bond acceptors (Lipinski definition) is 4. The van der Waals surface area contributed by atoms with Crippen LogP contribution in [0.5, 0.6) is 0 Å². The fourth-order valence-electron chi connectivity index (χ4n) is 2.70. The molecule has 0 aromatic heterocycles. The summed E-state index contributed by atoms with van der Waals surface area (Å²) >= 11 is 12.0. The van der Waals surface area contributed by atoms with Gasteiger partial charge in [-0.25, -0.2) is 4.39 Å². The Balaban J connectivity index is 1.92. The van der Waals surface area contributed by atoms with Crippen LogP contribution in [0.15, 0.2) is 59.2 Å². The molecule has 0 bridgehead atoms. The first-order valence-electron chi connectivity index (χ1n) is 8.85. The molecule has 0 fully saturated rings. The van der Waals surface area contributed by atoms with Gasteiger partial charge in [-0.3, -0.25) is 9.80 Å². The number of anilines is 1. The van der Waals surface area contributed by atoms with Crippen molar-refractivity contribution in [2.45, 2.75) is 12.3 Å². The van der Waals surface area contributed by atoms with Crippen LogP contribution in [-0.2, 0) is 4.79 Å². The predicted molar refractivity (Wildman–Crippen MR) is 110 cm³/mol. The molecule has 0 aliphatic carbocycles. The third kappa shape index (κ3) is 5.75. The third-order valence-corrected chi connectivity index (χ3v) is 5.05.